The van der Waals surface area contributed by atoms with Crippen LogP contribution in [0, 0.1) is 17.0 Å². The second-order valence-corrected chi connectivity index (χ2v) is 8.47. The number of carbonyl (C=O) groups excluding carboxylic acids is 1. The maximum absolute atomic E-state index is 12.7. The van der Waals surface area contributed by atoms with Gasteiger partial charge in [0.05, 0.1) is 9.82 Å². The molecule has 0 aliphatic carbocycles. The standard InChI is InChI=1S/C20H16ClN3O5S/c1-13-5-10-18(30(28,29)23-16-8-6-15(21)7-9-16)12-19(13)22-20(25)14-3-2-4-17(11-14)24(26)27/h2-12,23H,1H3,(H,22,25). The normalized spacial score (nSPS) is 11.0. The molecule has 0 aromatic heterocycles. The molecule has 154 valence electrons. The van der Waals surface area contributed by atoms with Gasteiger partial charge in [-0.05, 0) is 55.0 Å². The number of nitro groups is 1. The minimum atomic E-state index is -3.92. The number of aryl methyl sites for hydroxylation is 1. The van der Waals surface area contributed by atoms with Gasteiger partial charge in [0.15, 0.2) is 0 Å². The summed E-state index contributed by atoms with van der Waals surface area (Å²) in [7, 11) is -3.92. The van der Waals surface area contributed by atoms with E-state index < -0.39 is 20.9 Å². The molecule has 0 spiro atoms. The second kappa shape index (κ2) is 8.52. The Morgan fingerprint density at radius 1 is 1.03 bits per heavy atom. The predicted molar refractivity (Wildman–Crippen MR) is 114 cm³/mol. The Hall–Kier alpha value is -3.43. The average molecular weight is 446 g/mol. The number of amides is 1. The summed E-state index contributed by atoms with van der Waals surface area (Å²) in [4.78, 5) is 22.8. The number of nitrogens with zero attached hydrogens (tertiary/aromatic N) is 1. The third-order valence-corrected chi connectivity index (χ3v) is 5.81. The molecule has 0 bridgehead atoms. The Morgan fingerprint density at radius 2 is 1.73 bits per heavy atom. The molecule has 3 aromatic carbocycles. The van der Waals surface area contributed by atoms with Crippen molar-refractivity contribution >= 4 is 44.6 Å². The van der Waals surface area contributed by atoms with Crippen LogP contribution in [0.1, 0.15) is 15.9 Å². The van der Waals surface area contributed by atoms with Crippen LogP contribution in [0.3, 0.4) is 0 Å². The molecule has 0 aliphatic rings. The fourth-order valence-electron chi connectivity index (χ4n) is 2.59. The molecule has 1 amide bonds. The number of nitro benzene ring substituents is 1. The molecule has 0 saturated heterocycles. The van der Waals surface area contributed by atoms with Crippen LogP contribution in [0.4, 0.5) is 17.1 Å². The van der Waals surface area contributed by atoms with E-state index >= 15 is 0 Å². The fourth-order valence-corrected chi connectivity index (χ4v) is 3.80. The number of rotatable bonds is 6. The maximum atomic E-state index is 12.7. The number of sulfonamides is 1. The Kier molecular flexibility index (Phi) is 6.04. The van der Waals surface area contributed by atoms with Crippen molar-refractivity contribution in [1.82, 2.24) is 0 Å². The number of anilines is 2. The van der Waals surface area contributed by atoms with Gasteiger partial charge in [0.1, 0.15) is 0 Å². The summed E-state index contributed by atoms with van der Waals surface area (Å²) >= 11 is 5.81. The highest BCUT2D eigenvalue weighted by Crippen LogP contribution is 2.24. The van der Waals surface area contributed by atoms with Gasteiger partial charge in [0.25, 0.3) is 21.6 Å². The number of non-ortho nitro benzene ring substituents is 1. The van der Waals surface area contributed by atoms with Crippen LogP contribution in [0.5, 0.6) is 0 Å². The van der Waals surface area contributed by atoms with E-state index in [9.17, 15) is 23.3 Å². The molecule has 0 unspecified atom stereocenters. The second-order valence-electron chi connectivity index (χ2n) is 6.35. The molecule has 10 heteroatoms. The van der Waals surface area contributed by atoms with Crippen molar-refractivity contribution in [3.63, 3.8) is 0 Å². The fraction of sp³-hybridized carbons (Fsp3) is 0.0500. The molecular formula is C20H16ClN3O5S. The molecule has 0 aliphatic heterocycles. The topological polar surface area (TPSA) is 118 Å². The van der Waals surface area contributed by atoms with E-state index in [1.54, 1.807) is 25.1 Å². The summed E-state index contributed by atoms with van der Waals surface area (Å²) in [5.41, 5.74) is 1.09. The van der Waals surface area contributed by atoms with Gasteiger partial charge in [0.2, 0.25) is 0 Å². The summed E-state index contributed by atoms with van der Waals surface area (Å²) in [6.07, 6.45) is 0. The van der Waals surface area contributed by atoms with Crippen molar-refractivity contribution in [1.29, 1.82) is 0 Å². The zero-order valence-corrected chi connectivity index (χ0v) is 17.2. The Balaban J connectivity index is 1.86. The van der Waals surface area contributed by atoms with Gasteiger partial charge < -0.3 is 5.32 Å². The summed E-state index contributed by atoms with van der Waals surface area (Å²) in [5.74, 6) is -0.595. The van der Waals surface area contributed by atoms with Crippen molar-refractivity contribution in [2.24, 2.45) is 0 Å². The number of hydrogen-bond donors (Lipinski definition) is 2. The molecule has 0 heterocycles. The third kappa shape index (κ3) is 4.94. The van der Waals surface area contributed by atoms with Crippen LogP contribution in [0.15, 0.2) is 71.6 Å². The number of carbonyl (C=O) groups is 1. The first-order valence-corrected chi connectivity index (χ1v) is 10.5. The molecule has 8 nitrogen and oxygen atoms in total. The van der Waals surface area contributed by atoms with Gasteiger partial charge in [0, 0.05) is 34.1 Å². The van der Waals surface area contributed by atoms with Gasteiger partial charge >= 0.3 is 0 Å². The molecule has 0 fully saturated rings. The number of nitrogens with one attached hydrogen (secondary N) is 2. The quantitative estimate of drug-likeness (QED) is 0.424. The lowest BCUT2D eigenvalue weighted by molar-refractivity contribution is -0.384. The first kappa shape index (κ1) is 21.3. The van der Waals surface area contributed by atoms with Gasteiger partial charge in [-0.25, -0.2) is 8.42 Å². The van der Waals surface area contributed by atoms with Crippen LogP contribution in [0.2, 0.25) is 5.02 Å². The highest BCUT2D eigenvalue weighted by Gasteiger charge is 2.18. The lowest BCUT2D eigenvalue weighted by atomic mass is 10.1. The van der Waals surface area contributed by atoms with Crippen LogP contribution in [-0.4, -0.2) is 19.2 Å². The monoisotopic (exact) mass is 445 g/mol. The van der Waals surface area contributed by atoms with Crippen molar-refractivity contribution in [3.05, 3.63) is 93.0 Å². The molecule has 2 N–H and O–H groups in total. The smallest absolute Gasteiger partial charge is 0.270 e. The summed E-state index contributed by atoms with van der Waals surface area (Å²) in [6.45, 7) is 1.70. The van der Waals surface area contributed by atoms with Gasteiger partial charge in [-0.15, -0.1) is 0 Å². The highest BCUT2D eigenvalue weighted by molar-refractivity contribution is 7.92. The Bertz CT molecular complexity index is 1230. The summed E-state index contributed by atoms with van der Waals surface area (Å²) in [5, 5.41) is 14.0. The van der Waals surface area contributed by atoms with Crippen molar-refractivity contribution < 1.29 is 18.1 Å². The maximum Gasteiger partial charge on any atom is 0.270 e. The number of halogens is 1. The van der Waals surface area contributed by atoms with Crippen LogP contribution in [-0.2, 0) is 10.0 Å². The molecule has 30 heavy (non-hydrogen) atoms. The Morgan fingerprint density at radius 3 is 2.40 bits per heavy atom. The van der Waals surface area contributed by atoms with Crippen LogP contribution >= 0.6 is 11.6 Å². The van der Waals surface area contributed by atoms with Crippen molar-refractivity contribution in [2.75, 3.05) is 10.0 Å². The molecule has 3 rings (SSSR count). The first-order valence-electron chi connectivity index (χ1n) is 8.60. The van der Waals surface area contributed by atoms with Crippen molar-refractivity contribution in [3.8, 4) is 0 Å². The predicted octanol–water partition coefficient (Wildman–Crippen LogP) is 4.61. The SMILES string of the molecule is Cc1ccc(S(=O)(=O)Nc2ccc(Cl)cc2)cc1NC(=O)c1cccc([N+](=O)[O-])c1. The van der Waals surface area contributed by atoms with E-state index in [4.69, 9.17) is 11.6 Å². The lowest BCUT2D eigenvalue weighted by Crippen LogP contribution is -2.16. The lowest BCUT2D eigenvalue weighted by Gasteiger charge is -2.12. The highest BCUT2D eigenvalue weighted by atomic mass is 35.5. The average Bonchev–Trinajstić information content (AvgIpc) is 2.71. The molecular weight excluding hydrogens is 430 g/mol. The minimum absolute atomic E-state index is 0.0580. The zero-order chi connectivity index (χ0) is 21.9. The van der Waals surface area contributed by atoms with E-state index in [2.05, 4.69) is 10.0 Å². The third-order valence-electron chi connectivity index (χ3n) is 4.18. The van der Waals surface area contributed by atoms with Crippen molar-refractivity contribution in [2.45, 2.75) is 11.8 Å². The number of benzene rings is 3. The Labute approximate surface area is 177 Å². The minimum Gasteiger partial charge on any atom is -0.322 e. The largest absolute Gasteiger partial charge is 0.322 e. The van der Waals surface area contributed by atoms with E-state index in [0.717, 1.165) is 6.07 Å². The molecule has 0 radical (unpaired) electrons. The van der Waals surface area contributed by atoms with Gasteiger partial charge in [-0.2, -0.15) is 0 Å². The van der Waals surface area contributed by atoms with E-state index in [-0.39, 0.29) is 21.8 Å². The summed E-state index contributed by atoms with van der Waals surface area (Å²) in [6, 6.07) is 15.7. The van der Waals surface area contributed by atoms with Crippen LogP contribution < -0.4 is 10.0 Å². The zero-order valence-electron chi connectivity index (χ0n) is 15.6. The summed E-state index contributed by atoms with van der Waals surface area (Å²) < 4.78 is 27.8. The van der Waals surface area contributed by atoms with Gasteiger partial charge in [-0.1, -0.05) is 23.7 Å². The molecule has 0 saturated carbocycles. The molecule has 3 aromatic rings. The van der Waals surface area contributed by atoms with Crippen LogP contribution in [0.25, 0.3) is 0 Å². The van der Waals surface area contributed by atoms with E-state index in [1.807, 2.05) is 0 Å². The molecule has 0 atom stereocenters. The first-order chi connectivity index (χ1) is 14.2. The van der Waals surface area contributed by atoms with E-state index in [0.29, 0.717) is 16.3 Å². The van der Waals surface area contributed by atoms with E-state index in [1.165, 1.54) is 42.5 Å². The number of hydrogen-bond acceptors (Lipinski definition) is 5. The van der Waals surface area contributed by atoms with Gasteiger partial charge in [-0.3, -0.25) is 19.6 Å².